The van der Waals surface area contributed by atoms with Gasteiger partial charge < -0.3 is 16.8 Å². The number of hydrogen-bond donors (Lipinski definition) is 3. The van der Waals surface area contributed by atoms with Crippen molar-refractivity contribution in [3.63, 3.8) is 0 Å². The second-order valence-electron chi connectivity index (χ2n) is 2.84. The highest BCUT2D eigenvalue weighted by atomic mass is 16.1. The van der Waals surface area contributed by atoms with Gasteiger partial charge in [0.05, 0.1) is 6.04 Å². The van der Waals surface area contributed by atoms with E-state index in [0.717, 1.165) is 0 Å². The predicted molar refractivity (Wildman–Crippen MR) is 45.0 cm³/mol. The Hall–Kier alpha value is -1.10. The lowest BCUT2D eigenvalue weighted by Crippen LogP contribution is -2.42. The zero-order valence-corrected chi connectivity index (χ0v) is 7.33. The Morgan fingerprint density at radius 2 is 1.75 bits per heavy atom. The van der Waals surface area contributed by atoms with Crippen LogP contribution in [0.15, 0.2) is 0 Å². The molecule has 5 N–H and O–H groups in total. The van der Waals surface area contributed by atoms with E-state index in [0.29, 0.717) is 6.54 Å². The molecule has 0 aliphatic heterocycles. The monoisotopic (exact) mass is 173 g/mol. The average molecular weight is 173 g/mol. The smallest absolute Gasteiger partial charge is 0.234 e. The minimum Gasteiger partial charge on any atom is -0.369 e. The molecule has 5 heteroatoms. The molecule has 0 bridgehead atoms. The first-order chi connectivity index (χ1) is 5.45. The molecule has 2 unspecified atom stereocenters. The summed E-state index contributed by atoms with van der Waals surface area (Å²) in [4.78, 5) is 21.1. The quantitative estimate of drug-likeness (QED) is 0.475. The van der Waals surface area contributed by atoms with Gasteiger partial charge in [0.2, 0.25) is 11.8 Å². The Bertz CT molecular complexity index is 161. The molecule has 0 rings (SSSR count). The van der Waals surface area contributed by atoms with Gasteiger partial charge >= 0.3 is 0 Å². The molecule has 70 valence electrons. The van der Waals surface area contributed by atoms with Crippen LogP contribution in [0.4, 0.5) is 0 Å². The molecular formula is C7H15N3O2. The van der Waals surface area contributed by atoms with Gasteiger partial charge in [-0.1, -0.05) is 6.92 Å². The van der Waals surface area contributed by atoms with Crippen molar-refractivity contribution in [2.45, 2.75) is 19.9 Å². The van der Waals surface area contributed by atoms with Crippen LogP contribution < -0.4 is 16.8 Å². The molecule has 2 amide bonds. The maximum absolute atomic E-state index is 10.5. The van der Waals surface area contributed by atoms with Gasteiger partial charge in [-0.25, -0.2) is 0 Å². The molecule has 0 spiro atoms. The van der Waals surface area contributed by atoms with Crippen LogP contribution in [-0.4, -0.2) is 24.4 Å². The Morgan fingerprint density at radius 1 is 1.25 bits per heavy atom. The molecule has 0 aromatic rings. The first-order valence-corrected chi connectivity index (χ1v) is 3.77. The standard InChI is InChI=1S/C7H15N3O2/c1-4(6(8)11)3-10-5(2)7(9)12/h4-5,10H,3H2,1-2H3,(H2,8,11)(H2,9,12). The van der Waals surface area contributed by atoms with Crippen LogP contribution in [0.25, 0.3) is 0 Å². The first kappa shape index (κ1) is 10.9. The zero-order chi connectivity index (χ0) is 9.72. The lowest BCUT2D eigenvalue weighted by atomic mass is 10.1. The maximum Gasteiger partial charge on any atom is 0.234 e. The summed E-state index contributed by atoms with van der Waals surface area (Å²) >= 11 is 0. The van der Waals surface area contributed by atoms with E-state index >= 15 is 0 Å². The van der Waals surface area contributed by atoms with E-state index in [-0.39, 0.29) is 11.8 Å². The number of primary amides is 2. The van der Waals surface area contributed by atoms with Crippen LogP contribution >= 0.6 is 0 Å². The summed E-state index contributed by atoms with van der Waals surface area (Å²) in [5, 5.41) is 2.79. The second kappa shape index (κ2) is 4.71. The summed E-state index contributed by atoms with van der Waals surface area (Å²) in [7, 11) is 0. The third-order valence-electron chi connectivity index (χ3n) is 1.64. The summed E-state index contributed by atoms with van der Waals surface area (Å²) in [6.45, 7) is 3.69. The number of nitrogens with one attached hydrogen (secondary N) is 1. The van der Waals surface area contributed by atoms with Gasteiger partial charge in [-0.2, -0.15) is 0 Å². The summed E-state index contributed by atoms with van der Waals surface area (Å²) in [6, 6.07) is -0.424. The van der Waals surface area contributed by atoms with Crippen LogP contribution in [0.3, 0.4) is 0 Å². The molecule has 0 radical (unpaired) electrons. The highest BCUT2D eigenvalue weighted by Gasteiger charge is 2.12. The molecule has 0 heterocycles. The van der Waals surface area contributed by atoms with E-state index in [1.54, 1.807) is 13.8 Å². The van der Waals surface area contributed by atoms with Crippen LogP contribution in [-0.2, 0) is 9.59 Å². The molecular weight excluding hydrogens is 158 g/mol. The number of carbonyl (C=O) groups excluding carboxylic acids is 2. The van der Waals surface area contributed by atoms with Crippen LogP contribution in [0.5, 0.6) is 0 Å². The Kier molecular flexibility index (Phi) is 4.28. The third kappa shape index (κ3) is 3.92. The summed E-state index contributed by atoms with van der Waals surface area (Å²) in [5.74, 6) is -1.11. The molecule has 0 aliphatic carbocycles. The van der Waals surface area contributed by atoms with E-state index in [2.05, 4.69) is 5.32 Å². The summed E-state index contributed by atoms with van der Waals surface area (Å²) in [6.07, 6.45) is 0. The van der Waals surface area contributed by atoms with Crippen molar-refractivity contribution in [2.24, 2.45) is 17.4 Å². The lowest BCUT2D eigenvalue weighted by Gasteiger charge is -2.12. The Balaban J connectivity index is 3.68. The highest BCUT2D eigenvalue weighted by molar-refractivity contribution is 5.79. The molecule has 0 saturated heterocycles. The fourth-order valence-corrected chi connectivity index (χ4v) is 0.555. The van der Waals surface area contributed by atoms with E-state index in [1.165, 1.54) is 0 Å². The predicted octanol–water partition coefficient (Wildman–Crippen LogP) is -1.43. The molecule has 0 aromatic carbocycles. The molecule has 0 aliphatic rings. The van der Waals surface area contributed by atoms with Crippen molar-refractivity contribution in [2.75, 3.05) is 6.54 Å². The average Bonchev–Trinajstić information content (AvgIpc) is 1.98. The van der Waals surface area contributed by atoms with Crippen molar-refractivity contribution in [3.05, 3.63) is 0 Å². The third-order valence-corrected chi connectivity index (χ3v) is 1.64. The fourth-order valence-electron chi connectivity index (χ4n) is 0.555. The largest absolute Gasteiger partial charge is 0.369 e. The van der Waals surface area contributed by atoms with E-state index in [9.17, 15) is 9.59 Å². The van der Waals surface area contributed by atoms with Crippen LogP contribution in [0, 0.1) is 5.92 Å². The fraction of sp³-hybridized carbons (Fsp3) is 0.714. The summed E-state index contributed by atoms with van der Waals surface area (Å²) < 4.78 is 0. The minimum atomic E-state index is -0.438. The molecule has 0 fully saturated rings. The number of amides is 2. The Morgan fingerprint density at radius 3 is 2.08 bits per heavy atom. The van der Waals surface area contributed by atoms with Gasteiger partial charge in [0, 0.05) is 12.5 Å². The van der Waals surface area contributed by atoms with Crippen LogP contribution in [0.1, 0.15) is 13.8 Å². The van der Waals surface area contributed by atoms with E-state index in [4.69, 9.17) is 11.5 Å². The second-order valence-corrected chi connectivity index (χ2v) is 2.84. The number of rotatable bonds is 5. The lowest BCUT2D eigenvalue weighted by molar-refractivity contribution is -0.122. The molecule has 5 nitrogen and oxygen atoms in total. The molecule has 12 heavy (non-hydrogen) atoms. The van der Waals surface area contributed by atoms with Crippen molar-refractivity contribution < 1.29 is 9.59 Å². The van der Waals surface area contributed by atoms with E-state index < -0.39 is 11.9 Å². The van der Waals surface area contributed by atoms with Crippen molar-refractivity contribution >= 4 is 11.8 Å². The van der Waals surface area contributed by atoms with Gasteiger partial charge in [0.25, 0.3) is 0 Å². The first-order valence-electron chi connectivity index (χ1n) is 3.77. The number of carbonyl (C=O) groups is 2. The Labute approximate surface area is 71.5 Å². The minimum absolute atomic E-state index is 0.285. The molecule has 0 saturated carbocycles. The van der Waals surface area contributed by atoms with Gasteiger partial charge in [-0.15, -0.1) is 0 Å². The van der Waals surface area contributed by atoms with E-state index in [1.807, 2.05) is 0 Å². The van der Waals surface area contributed by atoms with Crippen LogP contribution in [0.2, 0.25) is 0 Å². The van der Waals surface area contributed by atoms with Crippen molar-refractivity contribution in [1.82, 2.24) is 5.32 Å². The molecule has 2 atom stereocenters. The van der Waals surface area contributed by atoms with Gasteiger partial charge in [-0.05, 0) is 6.92 Å². The van der Waals surface area contributed by atoms with Gasteiger partial charge in [-0.3, -0.25) is 9.59 Å². The SMILES string of the molecule is CC(CNC(C)C(N)=O)C(N)=O. The van der Waals surface area contributed by atoms with Crippen molar-refractivity contribution in [1.29, 1.82) is 0 Å². The normalized spacial score (nSPS) is 15.2. The zero-order valence-electron chi connectivity index (χ0n) is 7.33. The maximum atomic E-state index is 10.5. The molecule has 0 aromatic heterocycles. The number of hydrogen-bond acceptors (Lipinski definition) is 3. The van der Waals surface area contributed by atoms with Crippen molar-refractivity contribution in [3.8, 4) is 0 Å². The highest BCUT2D eigenvalue weighted by Crippen LogP contribution is 1.90. The number of nitrogens with two attached hydrogens (primary N) is 2. The topological polar surface area (TPSA) is 98.2 Å². The van der Waals surface area contributed by atoms with Gasteiger partial charge in [0.1, 0.15) is 0 Å². The summed E-state index contributed by atoms with van der Waals surface area (Å²) in [5.41, 5.74) is 9.98. The van der Waals surface area contributed by atoms with Gasteiger partial charge in [0.15, 0.2) is 0 Å².